The van der Waals surface area contributed by atoms with Crippen molar-refractivity contribution in [2.24, 2.45) is 0 Å². The number of hydrogen-bond acceptors (Lipinski definition) is 5. The zero-order valence-corrected chi connectivity index (χ0v) is 9.65. The van der Waals surface area contributed by atoms with Gasteiger partial charge in [-0.2, -0.15) is 0 Å². The van der Waals surface area contributed by atoms with Crippen LogP contribution in [0.1, 0.15) is 35.0 Å². The van der Waals surface area contributed by atoms with Crippen molar-refractivity contribution in [1.29, 1.82) is 0 Å². The van der Waals surface area contributed by atoms with Crippen molar-refractivity contribution in [3.63, 3.8) is 0 Å². The van der Waals surface area contributed by atoms with E-state index >= 15 is 0 Å². The predicted molar refractivity (Wildman–Crippen MR) is 56.5 cm³/mol. The Bertz CT molecular complexity index is 491. The first-order valence-electron chi connectivity index (χ1n) is 4.99. The van der Waals surface area contributed by atoms with E-state index in [1.165, 1.54) is 6.92 Å². The van der Waals surface area contributed by atoms with E-state index in [0.717, 1.165) is 6.07 Å². The summed E-state index contributed by atoms with van der Waals surface area (Å²) in [6.45, 7) is 2.86. The number of nitro groups is 1. The number of esters is 1. The molecular weight excluding hydrogens is 250 g/mol. The van der Waals surface area contributed by atoms with Crippen molar-refractivity contribution in [3.8, 4) is 0 Å². The number of aromatic nitrogens is 1. The van der Waals surface area contributed by atoms with Crippen molar-refractivity contribution in [2.75, 3.05) is 6.61 Å². The van der Waals surface area contributed by atoms with Gasteiger partial charge in [-0.1, -0.05) is 0 Å². The number of nitrogens with zero attached hydrogens (tertiary/aromatic N) is 2. The van der Waals surface area contributed by atoms with Crippen LogP contribution in [0.15, 0.2) is 6.07 Å². The molecular formula is C10H10F2N2O4. The van der Waals surface area contributed by atoms with Gasteiger partial charge < -0.3 is 14.9 Å². The van der Waals surface area contributed by atoms with Crippen LogP contribution in [0.25, 0.3) is 0 Å². The number of rotatable bonds is 4. The number of ether oxygens (including phenoxy) is 1. The highest BCUT2D eigenvalue weighted by Crippen LogP contribution is 2.30. The summed E-state index contributed by atoms with van der Waals surface area (Å²) in [5.41, 5.74) is -1.21. The molecule has 0 aliphatic carbocycles. The number of pyridine rings is 1. The van der Waals surface area contributed by atoms with Gasteiger partial charge in [0.15, 0.2) is 0 Å². The molecule has 1 aromatic heterocycles. The number of carbonyl (C=O) groups excluding carboxylic acids is 1. The maximum atomic E-state index is 12.7. The van der Waals surface area contributed by atoms with Crippen LogP contribution in [-0.2, 0) is 4.74 Å². The number of alkyl halides is 2. The molecule has 0 unspecified atom stereocenters. The Morgan fingerprint density at radius 2 is 2.22 bits per heavy atom. The number of carbonyl (C=O) groups is 1. The summed E-state index contributed by atoms with van der Waals surface area (Å²) < 4.78 is 29.9. The average molecular weight is 260 g/mol. The predicted octanol–water partition coefficient (Wildman–Crippen LogP) is 2.41. The van der Waals surface area contributed by atoms with Crippen molar-refractivity contribution in [3.05, 3.63) is 33.0 Å². The molecule has 0 bridgehead atoms. The maximum absolute atomic E-state index is 12.7. The van der Waals surface area contributed by atoms with Crippen LogP contribution in [0, 0.1) is 17.0 Å². The third-order valence-electron chi connectivity index (χ3n) is 2.12. The van der Waals surface area contributed by atoms with Gasteiger partial charge in [0, 0.05) is 6.07 Å². The Morgan fingerprint density at radius 3 is 2.67 bits per heavy atom. The second-order valence-electron chi connectivity index (χ2n) is 3.34. The third-order valence-corrected chi connectivity index (χ3v) is 2.12. The van der Waals surface area contributed by atoms with E-state index in [9.17, 15) is 23.7 Å². The van der Waals surface area contributed by atoms with E-state index in [-0.39, 0.29) is 17.9 Å². The quantitative estimate of drug-likeness (QED) is 0.471. The Kier molecular flexibility index (Phi) is 4.24. The Labute approximate surface area is 101 Å². The number of aryl methyl sites for hydroxylation is 1. The van der Waals surface area contributed by atoms with Crippen molar-refractivity contribution >= 4 is 11.8 Å². The van der Waals surface area contributed by atoms with E-state index in [4.69, 9.17) is 0 Å². The third kappa shape index (κ3) is 2.76. The lowest BCUT2D eigenvalue weighted by molar-refractivity contribution is -0.391. The molecule has 0 spiro atoms. The van der Waals surface area contributed by atoms with Gasteiger partial charge in [0.05, 0.1) is 6.61 Å². The Balaban J connectivity index is 3.36. The highest BCUT2D eigenvalue weighted by Gasteiger charge is 2.29. The van der Waals surface area contributed by atoms with Crippen molar-refractivity contribution in [1.82, 2.24) is 4.98 Å². The molecule has 0 aliphatic heterocycles. The van der Waals surface area contributed by atoms with Gasteiger partial charge in [-0.25, -0.2) is 13.6 Å². The number of halogens is 2. The molecule has 0 N–H and O–H groups in total. The summed E-state index contributed by atoms with van der Waals surface area (Å²) >= 11 is 0. The van der Waals surface area contributed by atoms with Crippen LogP contribution >= 0.6 is 0 Å². The minimum atomic E-state index is -3.03. The first kappa shape index (κ1) is 13.9. The summed E-state index contributed by atoms with van der Waals surface area (Å²) in [7, 11) is 0. The molecule has 0 aliphatic rings. The van der Waals surface area contributed by atoms with Crippen LogP contribution < -0.4 is 0 Å². The van der Waals surface area contributed by atoms with Crippen molar-refractivity contribution in [2.45, 2.75) is 20.3 Å². The van der Waals surface area contributed by atoms with Gasteiger partial charge in [0.2, 0.25) is 0 Å². The molecule has 8 heteroatoms. The van der Waals surface area contributed by atoms with Crippen LogP contribution in [0.4, 0.5) is 14.6 Å². The minimum Gasteiger partial charge on any atom is -0.460 e. The summed E-state index contributed by atoms with van der Waals surface area (Å²) in [6, 6.07) is 1.05. The fourth-order valence-corrected chi connectivity index (χ4v) is 1.38. The highest BCUT2D eigenvalue weighted by atomic mass is 19.3. The lowest BCUT2D eigenvalue weighted by Crippen LogP contribution is -2.11. The molecule has 0 aromatic carbocycles. The first-order valence-corrected chi connectivity index (χ1v) is 4.99. The summed E-state index contributed by atoms with van der Waals surface area (Å²) in [4.78, 5) is 24.3. The molecule has 1 rings (SSSR count). The van der Waals surface area contributed by atoms with E-state index in [1.807, 2.05) is 0 Å². The summed E-state index contributed by atoms with van der Waals surface area (Å²) in [5.74, 6) is -1.91. The maximum Gasteiger partial charge on any atom is 0.383 e. The van der Waals surface area contributed by atoms with E-state index in [0.29, 0.717) is 0 Å². The molecule has 0 atom stereocenters. The van der Waals surface area contributed by atoms with Gasteiger partial charge in [-0.05, 0) is 29.3 Å². The second kappa shape index (κ2) is 5.48. The molecule has 18 heavy (non-hydrogen) atoms. The fraction of sp³-hybridized carbons (Fsp3) is 0.400. The minimum absolute atomic E-state index is 0.0595. The SMILES string of the molecule is CCOC(=O)c1cc(C)c(C(F)F)c([N+](=O)[O-])n1. The molecule has 0 radical (unpaired) electrons. The van der Waals surface area contributed by atoms with Crippen LogP contribution in [0.3, 0.4) is 0 Å². The molecule has 0 saturated heterocycles. The Morgan fingerprint density at radius 1 is 1.61 bits per heavy atom. The second-order valence-corrected chi connectivity index (χ2v) is 3.34. The van der Waals surface area contributed by atoms with E-state index in [1.54, 1.807) is 6.92 Å². The molecule has 1 aromatic rings. The molecule has 0 amide bonds. The average Bonchev–Trinajstić information content (AvgIpc) is 2.27. The van der Waals surface area contributed by atoms with E-state index < -0.39 is 28.7 Å². The first-order chi connectivity index (χ1) is 8.38. The number of hydrogen-bond donors (Lipinski definition) is 0. The lowest BCUT2D eigenvalue weighted by Gasteiger charge is -2.06. The standard InChI is InChI=1S/C10H10F2N2O4/c1-3-18-10(15)6-4-5(2)7(8(11)12)9(13-6)14(16)17/h4,8H,3H2,1-2H3. The topological polar surface area (TPSA) is 82.3 Å². The van der Waals surface area contributed by atoms with Gasteiger partial charge in [-0.15, -0.1) is 0 Å². The fourth-order valence-electron chi connectivity index (χ4n) is 1.38. The lowest BCUT2D eigenvalue weighted by atomic mass is 10.1. The van der Waals surface area contributed by atoms with Crippen LogP contribution in [0.5, 0.6) is 0 Å². The van der Waals surface area contributed by atoms with Gasteiger partial charge in [0.1, 0.15) is 5.56 Å². The van der Waals surface area contributed by atoms with Crippen LogP contribution in [-0.4, -0.2) is 22.5 Å². The van der Waals surface area contributed by atoms with Crippen LogP contribution in [0.2, 0.25) is 0 Å². The zero-order valence-electron chi connectivity index (χ0n) is 9.65. The zero-order chi connectivity index (χ0) is 13.9. The Hall–Kier alpha value is -2.12. The van der Waals surface area contributed by atoms with E-state index in [2.05, 4.69) is 9.72 Å². The van der Waals surface area contributed by atoms with Crippen molar-refractivity contribution < 1.29 is 23.2 Å². The highest BCUT2D eigenvalue weighted by molar-refractivity contribution is 5.88. The van der Waals surface area contributed by atoms with Gasteiger partial charge in [-0.3, -0.25) is 0 Å². The largest absolute Gasteiger partial charge is 0.460 e. The smallest absolute Gasteiger partial charge is 0.383 e. The summed E-state index contributed by atoms with van der Waals surface area (Å²) in [5, 5.41) is 10.7. The van der Waals surface area contributed by atoms with Gasteiger partial charge in [0.25, 0.3) is 12.1 Å². The molecule has 0 saturated carbocycles. The van der Waals surface area contributed by atoms with Gasteiger partial charge >= 0.3 is 11.8 Å². The normalized spacial score (nSPS) is 10.5. The molecule has 6 nitrogen and oxygen atoms in total. The molecule has 98 valence electrons. The summed E-state index contributed by atoms with van der Waals surface area (Å²) in [6.07, 6.45) is -3.03. The molecule has 1 heterocycles. The monoisotopic (exact) mass is 260 g/mol. The molecule has 0 fully saturated rings.